The van der Waals surface area contributed by atoms with E-state index in [1.165, 1.54) is 0 Å². The van der Waals surface area contributed by atoms with Gasteiger partial charge in [-0.3, -0.25) is 4.98 Å². The highest BCUT2D eigenvalue weighted by atomic mass is 19.1. The van der Waals surface area contributed by atoms with Gasteiger partial charge in [0.2, 0.25) is 0 Å². The SMILES string of the molecule is CN(c1cnc(-c2cc3ccncc3cc2O)nn1)[C@H]1CC2C=CC(N2)[C@@H]1F. The van der Waals surface area contributed by atoms with Crippen molar-refractivity contribution in [1.82, 2.24) is 25.5 Å². The third-order valence-corrected chi connectivity index (χ3v) is 5.57. The number of rotatable bonds is 3. The van der Waals surface area contributed by atoms with Crippen LogP contribution in [-0.4, -0.2) is 56.6 Å². The number of benzene rings is 1. The fraction of sp³-hybridized carbons (Fsp3) is 0.300. The summed E-state index contributed by atoms with van der Waals surface area (Å²) in [5.41, 5.74) is 0.493. The summed E-state index contributed by atoms with van der Waals surface area (Å²) < 4.78 is 14.8. The van der Waals surface area contributed by atoms with Crippen molar-refractivity contribution in [3.8, 4) is 17.1 Å². The standard InChI is InChI=1S/C20H19FN6O/c1-27(16-8-13-2-3-15(24-13)19(16)21)18-10-23-20(26-25-18)14-6-11-4-5-22-9-12(11)7-17(14)28/h2-7,9-10,13,15-16,19,24,28H,8H2,1H3/t13?,15?,16-,19-/m0/s1. The van der Waals surface area contributed by atoms with Crippen molar-refractivity contribution in [3.05, 3.63) is 48.9 Å². The van der Waals surface area contributed by atoms with E-state index in [1.54, 1.807) is 35.6 Å². The lowest BCUT2D eigenvalue weighted by atomic mass is 9.96. The van der Waals surface area contributed by atoms with Crippen LogP contribution in [0, 0.1) is 0 Å². The van der Waals surface area contributed by atoms with Gasteiger partial charge in [-0.1, -0.05) is 12.2 Å². The molecule has 2 N–H and O–H groups in total. The number of nitrogens with one attached hydrogen (secondary N) is 1. The van der Waals surface area contributed by atoms with Crippen LogP contribution in [0.3, 0.4) is 0 Å². The van der Waals surface area contributed by atoms with Gasteiger partial charge in [0.25, 0.3) is 0 Å². The number of alkyl halides is 1. The van der Waals surface area contributed by atoms with Crippen LogP contribution in [-0.2, 0) is 0 Å². The van der Waals surface area contributed by atoms with Crippen molar-refractivity contribution < 1.29 is 9.50 Å². The zero-order valence-corrected chi connectivity index (χ0v) is 15.2. The summed E-state index contributed by atoms with van der Waals surface area (Å²) in [5, 5.41) is 23.7. The van der Waals surface area contributed by atoms with E-state index in [9.17, 15) is 9.50 Å². The Morgan fingerprint density at radius 3 is 2.89 bits per heavy atom. The first-order valence-corrected chi connectivity index (χ1v) is 9.18. The van der Waals surface area contributed by atoms with Gasteiger partial charge in [-0.05, 0) is 30.0 Å². The fourth-order valence-electron chi connectivity index (χ4n) is 3.99. The van der Waals surface area contributed by atoms with Gasteiger partial charge < -0.3 is 15.3 Å². The molecule has 0 spiro atoms. The van der Waals surface area contributed by atoms with Crippen LogP contribution in [0.1, 0.15) is 6.42 Å². The van der Waals surface area contributed by atoms with Crippen LogP contribution in [0.15, 0.2) is 48.9 Å². The maximum atomic E-state index is 14.8. The summed E-state index contributed by atoms with van der Waals surface area (Å²) in [5.74, 6) is 0.882. The van der Waals surface area contributed by atoms with Crippen molar-refractivity contribution in [1.29, 1.82) is 0 Å². The largest absolute Gasteiger partial charge is 0.507 e. The number of hydrogen-bond donors (Lipinski definition) is 2. The maximum Gasteiger partial charge on any atom is 0.185 e. The first-order chi connectivity index (χ1) is 13.6. The molecule has 3 aromatic rings. The number of anilines is 1. The minimum absolute atomic E-state index is 0.0632. The molecule has 0 amide bonds. The van der Waals surface area contributed by atoms with E-state index in [0.29, 0.717) is 23.6 Å². The topological polar surface area (TPSA) is 87.1 Å². The first kappa shape index (κ1) is 17.0. The number of phenolic OH excluding ortho intramolecular Hbond substituents is 1. The van der Waals surface area contributed by atoms with Gasteiger partial charge in [0.1, 0.15) is 11.9 Å². The zero-order valence-electron chi connectivity index (χ0n) is 15.2. The third kappa shape index (κ3) is 2.77. The molecule has 1 aromatic carbocycles. The highest BCUT2D eigenvalue weighted by Crippen LogP contribution is 2.32. The number of aromatic nitrogens is 4. The molecule has 8 heteroatoms. The Morgan fingerprint density at radius 2 is 2.07 bits per heavy atom. The summed E-state index contributed by atoms with van der Waals surface area (Å²) in [7, 11) is 1.81. The number of pyridine rings is 1. The molecule has 28 heavy (non-hydrogen) atoms. The number of hydrogen-bond acceptors (Lipinski definition) is 7. The number of piperidine rings is 1. The predicted octanol–water partition coefficient (Wildman–Crippen LogP) is 2.24. The van der Waals surface area contributed by atoms with E-state index in [-0.39, 0.29) is 23.9 Å². The van der Waals surface area contributed by atoms with Gasteiger partial charge in [0.15, 0.2) is 11.6 Å². The van der Waals surface area contributed by atoms with Crippen LogP contribution in [0.2, 0.25) is 0 Å². The van der Waals surface area contributed by atoms with Crippen molar-refractivity contribution in [2.24, 2.45) is 0 Å². The molecule has 1 saturated heterocycles. The number of halogens is 1. The second-order valence-corrected chi connectivity index (χ2v) is 7.27. The lowest BCUT2D eigenvalue weighted by Gasteiger charge is -2.38. The molecule has 2 aliphatic heterocycles. The molecule has 2 bridgehead atoms. The molecule has 4 heterocycles. The fourth-order valence-corrected chi connectivity index (χ4v) is 3.99. The summed E-state index contributed by atoms with van der Waals surface area (Å²) >= 11 is 0. The van der Waals surface area contributed by atoms with E-state index < -0.39 is 6.17 Å². The normalized spacial score (nSPS) is 25.9. The summed E-state index contributed by atoms with van der Waals surface area (Å²) in [6, 6.07) is 4.93. The molecule has 2 aromatic heterocycles. The molecule has 2 unspecified atom stereocenters. The quantitative estimate of drug-likeness (QED) is 0.676. The molecule has 4 atom stereocenters. The van der Waals surface area contributed by atoms with E-state index in [0.717, 1.165) is 10.8 Å². The Balaban J connectivity index is 1.42. The molecule has 7 nitrogen and oxygen atoms in total. The molecular formula is C20H19FN6O. The van der Waals surface area contributed by atoms with Gasteiger partial charge in [0, 0.05) is 30.9 Å². The van der Waals surface area contributed by atoms with E-state index in [2.05, 4.69) is 25.5 Å². The monoisotopic (exact) mass is 378 g/mol. The lowest BCUT2D eigenvalue weighted by molar-refractivity contribution is 0.187. The van der Waals surface area contributed by atoms with Crippen LogP contribution in [0.25, 0.3) is 22.2 Å². The molecule has 142 valence electrons. The number of aromatic hydroxyl groups is 1. The van der Waals surface area contributed by atoms with E-state index in [4.69, 9.17) is 0 Å². The van der Waals surface area contributed by atoms with Gasteiger partial charge in [-0.2, -0.15) is 0 Å². The van der Waals surface area contributed by atoms with Crippen molar-refractivity contribution in [2.45, 2.75) is 30.7 Å². The molecule has 0 radical (unpaired) electrons. The summed E-state index contributed by atoms with van der Waals surface area (Å²) in [6.07, 6.45) is 8.50. The molecular weight excluding hydrogens is 359 g/mol. The van der Waals surface area contributed by atoms with E-state index >= 15 is 0 Å². The molecule has 2 aliphatic rings. The Bertz CT molecular complexity index is 1060. The van der Waals surface area contributed by atoms with Crippen molar-refractivity contribution >= 4 is 16.6 Å². The predicted molar refractivity (Wildman–Crippen MR) is 104 cm³/mol. The molecule has 0 aliphatic carbocycles. The number of nitrogens with zero attached hydrogens (tertiary/aromatic N) is 5. The zero-order chi connectivity index (χ0) is 19.3. The minimum Gasteiger partial charge on any atom is -0.507 e. The molecule has 0 saturated carbocycles. The maximum absolute atomic E-state index is 14.8. The van der Waals surface area contributed by atoms with Gasteiger partial charge >= 0.3 is 0 Å². The summed E-state index contributed by atoms with van der Waals surface area (Å²) in [4.78, 5) is 10.2. The lowest BCUT2D eigenvalue weighted by Crippen LogP contribution is -2.56. The van der Waals surface area contributed by atoms with Gasteiger partial charge in [-0.15, -0.1) is 10.2 Å². The second-order valence-electron chi connectivity index (χ2n) is 7.27. The third-order valence-electron chi connectivity index (χ3n) is 5.57. The average molecular weight is 378 g/mol. The Kier molecular flexibility index (Phi) is 3.94. The van der Waals surface area contributed by atoms with Crippen LogP contribution in [0.5, 0.6) is 5.75 Å². The van der Waals surface area contributed by atoms with Crippen LogP contribution < -0.4 is 10.2 Å². The summed E-state index contributed by atoms with van der Waals surface area (Å²) in [6.45, 7) is 0. The Labute approximate surface area is 161 Å². The Hall–Kier alpha value is -3.13. The minimum atomic E-state index is -1.03. The highest BCUT2D eigenvalue weighted by Gasteiger charge is 2.41. The second kappa shape index (κ2) is 6.49. The molecule has 1 fully saturated rings. The number of fused-ring (bicyclic) bond motifs is 3. The van der Waals surface area contributed by atoms with Gasteiger partial charge in [-0.25, -0.2) is 9.37 Å². The smallest absolute Gasteiger partial charge is 0.185 e. The van der Waals surface area contributed by atoms with Crippen molar-refractivity contribution in [3.63, 3.8) is 0 Å². The number of phenols is 1. The highest BCUT2D eigenvalue weighted by molar-refractivity contribution is 5.88. The van der Waals surface area contributed by atoms with Crippen molar-refractivity contribution in [2.75, 3.05) is 11.9 Å². The first-order valence-electron chi connectivity index (χ1n) is 9.18. The Morgan fingerprint density at radius 1 is 1.18 bits per heavy atom. The van der Waals surface area contributed by atoms with Gasteiger partial charge in [0.05, 0.1) is 23.8 Å². The molecule has 5 rings (SSSR count). The van der Waals surface area contributed by atoms with Crippen LogP contribution in [0.4, 0.5) is 10.2 Å². The average Bonchev–Trinajstić information content (AvgIpc) is 3.13. The van der Waals surface area contributed by atoms with E-state index in [1.807, 2.05) is 25.3 Å². The van der Waals surface area contributed by atoms with Crippen LogP contribution >= 0.6 is 0 Å².